The van der Waals surface area contributed by atoms with Gasteiger partial charge in [0.15, 0.2) is 0 Å². The van der Waals surface area contributed by atoms with Crippen LogP contribution in [-0.2, 0) is 0 Å². The highest BCUT2D eigenvalue weighted by molar-refractivity contribution is 4.89. The van der Waals surface area contributed by atoms with Crippen molar-refractivity contribution in [3.05, 3.63) is 12.4 Å². The highest BCUT2D eigenvalue weighted by atomic mass is 15.3. The summed E-state index contributed by atoms with van der Waals surface area (Å²) >= 11 is 0. The third-order valence-corrected chi connectivity index (χ3v) is 5.81. The first-order valence-corrected chi connectivity index (χ1v) is 12.0. The molecule has 1 heterocycles. The van der Waals surface area contributed by atoms with Crippen molar-refractivity contribution in [3.8, 4) is 0 Å². The summed E-state index contributed by atoms with van der Waals surface area (Å²) in [5.41, 5.74) is 0. The van der Waals surface area contributed by atoms with E-state index in [2.05, 4.69) is 36.0 Å². The van der Waals surface area contributed by atoms with Crippen LogP contribution in [0.3, 0.4) is 0 Å². The smallest absolute Gasteiger partial charge is 0.0893 e. The molecular weight excluding hydrogens is 316 g/mol. The van der Waals surface area contributed by atoms with Crippen LogP contribution in [0.4, 0.5) is 0 Å². The van der Waals surface area contributed by atoms with E-state index in [0.29, 0.717) is 0 Å². The van der Waals surface area contributed by atoms with Crippen molar-refractivity contribution in [2.45, 2.75) is 123 Å². The van der Waals surface area contributed by atoms with Gasteiger partial charge in [0.2, 0.25) is 0 Å². The number of hydrogen-bond donors (Lipinski definition) is 0. The van der Waals surface area contributed by atoms with E-state index in [0.717, 1.165) is 13.2 Å². The van der Waals surface area contributed by atoms with Gasteiger partial charge in [0.25, 0.3) is 0 Å². The Labute approximate surface area is 165 Å². The minimum atomic E-state index is 1.11. The van der Waals surface area contributed by atoms with Gasteiger partial charge in [0.1, 0.15) is 0 Å². The summed E-state index contributed by atoms with van der Waals surface area (Å²) in [6, 6.07) is 0. The van der Waals surface area contributed by atoms with E-state index in [1.165, 1.54) is 116 Å². The molecule has 0 aromatic heterocycles. The third kappa shape index (κ3) is 13.5. The van der Waals surface area contributed by atoms with Crippen LogP contribution in [0.5, 0.6) is 0 Å². The summed E-state index contributed by atoms with van der Waals surface area (Å²) in [6.07, 6.45) is 29.2. The molecule has 0 saturated carbocycles. The fraction of sp³-hybridized carbons (Fsp3) is 0.917. The summed E-state index contributed by atoms with van der Waals surface area (Å²) in [6.45, 7) is 8.00. The average Bonchev–Trinajstić information content (AvgIpc) is 3.12. The molecule has 1 aliphatic rings. The summed E-state index contributed by atoms with van der Waals surface area (Å²) in [7, 11) is 0. The quantitative estimate of drug-likeness (QED) is 0.217. The Morgan fingerprint density at radius 1 is 0.500 bits per heavy atom. The standard InChI is InChI=1S/C24H48N2/c1-3-5-6-7-8-9-10-11-12-13-14-15-16-17-18-19-20-21-26-23-22-25(4-2)24-26/h22-23H,3-21,24H2,1-2H3. The van der Waals surface area contributed by atoms with Crippen molar-refractivity contribution in [3.63, 3.8) is 0 Å². The van der Waals surface area contributed by atoms with E-state index in [4.69, 9.17) is 0 Å². The van der Waals surface area contributed by atoms with E-state index >= 15 is 0 Å². The van der Waals surface area contributed by atoms with Gasteiger partial charge in [-0.2, -0.15) is 0 Å². The molecule has 154 valence electrons. The lowest BCUT2D eigenvalue weighted by Gasteiger charge is -2.19. The maximum atomic E-state index is 2.45. The molecule has 0 aromatic rings. The Morgan fingerprint density at radius 2 is 0.885 bits per heavy atom. The lowest BCUT2D eigenvalue weighted by molar-refractivity contribution is 0.268. The van der Waals surface area contributed by atoms with Crippen molar-refractivity contribution in [2.75, 3.05) is 19.8 Å². The molecule has 0 aromatic carbocycles. The first-order chi connectivity index (χ1) is 12.9. The summed E-state index contributed by atoms with van der Waals surface area (Å²) < 4.78 is 0. The maximum absolute atomic E-state index is 2.45. The molecule has 2 nitrogen and oxygen atoms in total. The van der Waals surface area contributed by atoms with Crippen molar-refractivity contribution in [1.29, 1.82) is 0 Å². The number of hydrogen-bond acceptors (Lipinski definition) is 2. The molecule has 0 amide bonds. The molecule has 0 spiro atoms. The number of nitrogens with zero attached hydrogens (tertiary/aromatic N) is 2. The lowest BCUT2D eigenvalue weighted by Crippen LogP contribution is -2.25. The summed E-state index contributed by atoms with van der Waals surface area (Å²) in [5, 5.41) is 0. The van der Waals surface area contributed by atoms with Crippen LogP contribution >= 0.6 is 0 Å². The van der Waals surface area contributed by atoms with Crippen LogP contribution < -0.4 is 0 Å². The Balaban J connectivity index is 1.68. The van der Waals surface area contributed by atoms with Gasteiger partial charge in [-0.3, -0.25) is 0 Å². The van der Waals surface area contributed by atoms with Gasteiger partial charge in [0, 0.05) is 25.5 Å². The lowest BCUT2D eigenvalue weighted by atomic mass is 10.0. The first-order valence-electron chi connectivity index (χ1n) is 12.0. The molecule has 0 saturated heterocycles. The highest BCUT2D eigenvalue weighted by Crippen LogP contribution is 2.14. The molecule has 0 aliphatic carbocycles. The second-order valence-electron chi connectivity index (χ2n) is 8.31. The van der Waals surface area contributed by atoms with Crippen LogP contribution in [0.2, 0.25) is 0 Å². The molecule has 0 unspecified atom stereocenters. The predicted octanol–water partition coefficient (Wildman–Crippen LogP) is 7.70. The van der Waals surface area contributed by atoms with E-state index < -0.39 is 0 Å². The predicted molar refractivity (Wildman–Crippen MR) is 117 cm³/mol. The van der Waals surface area contributed by atoms with Crippen LogP contribution in [0.1, 0.15) is 123 Å². The second-order valence-corrected chi connectivity index (χ2v) is 8.31. The molecule has 0 N–H and O–H groups in total. The Bertz CT molecular complexity index is 313. The highest BCUT2D eigenvalue weighted by Gasteiger charge is 2.08. The second kappa shape index (κ2) is 17.7. The van der Waals surface area contributed by atoms with E-state index in [1.54, 1.807) is 0 Å². The third-order valence-electron chi connectivity index (χ3n) is 5.81. The van der Waals surface area contributed by atoms with Gasteiger partial charge in [-0.05, 0) is 13.3 Å². The molecule has 0 atom stereocenters. The SMILES string of the molecule is CCCCCCCCCCCCCCCCCCCN1C=CN(CC)C1. The zero-order valence-corrected chi connectivity index (χ0v) is 18.2. The molecular formula is C24H48N2. The Hall–Kier alpha value is -0.660. The van der Waals surface area contributed by atoms with E-state index in [1.807, 2.05) is 0 Å². The Morgan fingerprint density at radius 3 is 1.27 bits per heavy atom. The Kier molecular flexibility index (Phi) is 16.0. The van der Waals surface area contributed by atoms with E-state index in [-0.39, 0.29) is 0 Å². The fourth-order valence-corrected chi connectivity index (χ4v) is 3.91. The molecule has 1 aliphatic heterocycles. The van der Waals surface area contributed by atoms with Gasteiger partial charge in [0.05, 0.1) is 6.67 Å². The van der Waals surface area contributed by atoms with Crippen molar-refractivity contribution in [2.24, 2.45) is 0 Å². The number of rotatable bonds is 19. The average molecular weight is 365 g/mol. The van der Waals surface area contributed by atoms with Crippen LogP contribution in [-0.4, -0.2) is 29.6 Å². The number of unbranched alkanes of at least 4 members (excludes halogenated alkanes) is 16. The molecule has 1 rings (SSSR count). The molecule has 0 fully saturated rings. The summed E-state index contributed by atoms with van der Waals surface area (Å²) in [5.74, 6) is 0. The largest absolute Gasteiger partial charge is 0.359 e. The van der Waals surface area contributed by atoms with E-state index in [9.17, 15) is 0 Å². The zero-order chi connectivity index (χ0) is 18.7. The molecule has 2 heteroatoms. The molecule has 26 heavy (non-hydrogen) atoms. The topological polar surface area (TPSA) is 6.48 Å². The fourth-order valence-electron chi connectivity index (χ4n) is 3.91. The van der Waals surface area contributed by atoms with Crippen molar-refractivity contribution < 1.29 is 0 Å². The van der Waals surface area contributed by atoms with Gasteiger partial charge < -0.3 is 9.80 Å². The molecule has 0 radical (unpaired) electrons. The van der Waals surface area contributed by atoms with Crippen molar-refractivity contribution in [1.82, 2.24) is 9.80 Å². The van der Waals surface area contributed by atoms with Crippen LogP contribution in [0.25, 0.3) is 0 Å². The van der Waals surface area contributed by atoms with Gasteiger partial charge >= 0.3 is 0 Å². The van der Waals surface area contributed by atoms with Crippen LogP contribution in [0, 0.1) is 0 Å². The minimum absolute atomic E-state index is 1.11. The summed E-state index contributed by atoms with van der Waals surface area (Å²) in [4.78, 5) is 4.82. The maximum Gasteiger partial charge on any atom is 0.0893 e. The van der Waals surface area contributed by atoms with Gasteiger partial charge in [-0.15, -0.1) is 0 Å². The van der Waals surface area contributed by atoms with Gasteiger partial charge in [-0.25, -0.2) is 0 Å². The van der Waals surface area contributed by atoms with Crippen LogP contribution in [0.15, 0.2) is 12.4 Å². The normalized spacial score (nSPS) is 13.9. The monoisotopic (exact) mass is 364 g/mol. The zero-order valence-electron chi connectivity index (χ0n) is 18.2. The molecule has 0 bridgehead atoms. The van der Waals surface area contributed by atoms with Crippen molar-refractivity contribution >= 4 is 0 Å². The first kappa shape index (κ1) is 23.4. The van der Waals surface area contributed by atoms with Gasteiger partial charge in [-0.1, -0.05) is 110 Å². The minimum Gasteiger partial charge on any atom is -0.359 e.